The van der Waals surface area contributed by atoms with Gasteiger partial charge in [-0.1, -0.05) is 12.1 Å². The standard InChI is InChI=1S/C20H28N2O4S/c1-15-3-2-4-17(11-15)27(24,25)22-13-18(19(23)21-12-16-5-6-16)20(14-22)7-9-26-10-8-20/h2-4,11,16,18H,5-10,12-14H2,1H3,(H,21,23). The maximum atomic E-state index is 13.2. The summed E-state index contributed by atoms with van der Waals surface area (Å²) in [4.78, 5) is 13.2. The topological polar surface area (TPSA) is 75.7 Å². The van der Waals surface area contributed by atoms with Crippen LogP contribution < -0.4 is 5.32 Å². The molecular weight excluding hydrogens is 364 g/mol. The van der Waals surface area contributed by atoms with E-state index in [1.165, 1.54) is 17.1 Å². The first-order valence-electron chi connectivity index (χ1n) is 9.83. The molecule has 4 rings (SSSR count). The predicted octanol–water partition coefficient (Wildman–Crippen LogP) is 1.94. The van der Waals surface area contributed by atoms with Crippen LogP contribution in [0, 0.1) is 24.2 Å². The molecule has 27 heavy (non-hydrogen) atoms. The minimum atomic E-state index is -3.61. The number of hydrogen-bond donors (Lipinski definition) is 1. The molecule has 2 aliphatic heterocycles. The van der Waals surface area contributed by atoms with E-state index in [-0.39, 0.29) is 23.8 Å². The number of ether oxygens (including phenoxy) is 1. The van der Waals surface area contributed by atoms with Gasteiger partial charge >= 0.3 is 0 Å². The van der Waals surface area contributed by atoms with Gasteiger partial charge in [0, 0.05) is 38.3 Å². The summed E-state index contributed by atoms with van der Waals surface area (Å²) < 4.78 is 33.5. The van der Waals surface area contributed by atoms with Crippen molar-refractivity contribution < 1.29 is 17.9 Å². The van der Waals surface area contributed by atoms with Crippen molar-refractivity contribution in [3.05, 3.63) is 29.8 Å². The second kappa shape index (κ2) is 7.18. The van der Waals surface area contributed by atoms with Crippen molar-refractivity contribution in [1.29, 1.82) is 0 Å². The van der Waals surface area contributed by atoms with Crippen molar-refractivity contribution in [2.45, 2.75) is 37.5 Å². The second-order valence-electron chi connectivity index (χ2n) is 8.33. The van der Waals surface area contributed by atoms with Gasteiger partial charge in [-0.25, -0.2) is 8.42 Å². The van der Waals surface area contributed by atoms with E-state index in [2.05, 4.69) is 5.32 Å². The number of hydrogen-bond acceptors (Lipinski definition) is 4. The molecule has 7 heteroatoms. The number of carbonyl (C=O) groups is 1. The lowest BCUT2D eigenvalue weighted by molar-refractivity contribution is -0.129. The lowest BCUT2D eigenvalue weighted by Gasteiger charge is -2.37. The average molecular weight is 393 g/mol. The SMILES string of the molecule is Cc1cccc(S(=O)(=O)N2CC(C(=O)NCC3CC3)C3(CCOCC3)C2)c1. The molecule has 1 N–H and O–H groups in total. The third-order valence-electron chi connectivity index (χ3n) is 6.31. The first kappa shape index (κ1) is 18.9. The Morgan fingerprint density at radius 2 is 2.04 bits per heavy atom. The highest BCUT2D eigenvalue weighted by molar-refractivity contribution is 7.89. The Kier molecular flexibility index (Phi) is 5.03. The van der Waals surface area contributed by atoms with Crippen LogP contribution in [0.5, 0.6) is 0 Å². The van der Waals surface area contributed by atoms with Crippen LogP contribution in [0.2, 0.25) is 0 Å². The normalized spacial score (nSPS) is 25.6. The Morgan fingerprint density at radius 3 is 2.70 bits per heavy atom. The van der Waals surface area contributed by atoms with E-state index in [1.807, 2.05) is 13.0 Å². The van der Waals surface area contributed by atoms with Gasteiger partial charge in [0.15, 0.2) is 0 Å². The predicted molar refractivity (Wildman–Crippen MR) is 102 cm³/mol. The van der Waals surface area contributed by atoms with Crippen molar-refractivity contribution in [3.8, 4) is 0 Å². The van der Waals surface area contributed by atoms with E-state index >= 15 is 0 Å². The van der Waals surface area contributed by atoms with Gasteiger partial charge in [0.1, 0.15) is 0 Å². The summed E-state index contributed by atoms with van der Waals surface area (Å²) in [6, 6.07) is 6.99. The molecular formula is C20H28N2O4S. The smallest absolute Gasteiger partial charge is 0.243 e. The molecule has 1 amide bonds. The van der Waals surface area contributed by atoms with Gasteiger partial charge in [-0.15, -0.1) is 0 Å². The molecule has 0 aromatic heterocycles. The molecule has 2 saturated heterocycles. The van der Waals surface area contributed by atoms with E-state index in [0.717, 1.165) is 18.4 Å². The molecule has 1 saturated carbocycles. The molecule has 1 aromatic carbocycles. The molecule has 1 aliphatic carbocycles. The molecule has 1 spiro atoms. The fraction of sp³-hybridized carbons (Fsp3) is 0.650. The van der Waals surface area contributed by atoms with Gasteiger partial charge in [0.25, 0.3) is 0 Å². The maximum absolute atomic E-state index is 13.2. The summed E-state index contributed by atoms with van der Waals surface area (Å²) in [5.41, 5.74) is 0.595. The van der Waals surface area contributed by atoms with Crippen LogP contribution in [0.4, 0.5) is 0 Å². The van der Waals surface area contributed by atoms with Crippen LogP contribution >= 0.6 is 0 Å². The van der Waals surface area contributed by atoms with Crippen molar-refractivity contribution in [1.82, 2.24) is 9.62 Å². The molecule has 0 radical (unpaired) electrons. The monoisotopic (exact) mass is 392 g/mol. The Labute approximate surface area is 161 Å². The summed E-state index contributed by atoms with van der Waals surface area (Å²) in [5.74, 6) is 0.304. The zero-order chi connectivity index (χ0) is 19.1. The van der Waals surface area contributed by atoms with E-state index < -0.39 is 10.0 Å². The number of sulfonamides is 1. The number of nitrogens with zero attached hydrogens (tertiary/aromatic N) is 1. The first-order chi connectivity index (χ1) is 12.9. The summed E-state index contributed by atoms with van der Waals surface area (Å²) in [6.07, 6.45) is 3.82. The van der Waals surface area contributed by atoms with Crippen LogP contribution in [0.25, 0.3) is 0 Å². The lowest BCUT2D eigenvalue weighted by atomic mass is 9.72. The highest BCUT2D eigenvalue weighted by Crippen LogP contribution is 2.46. The minimum absolute atomic E-state index is 0.00532. The third kappa shape index (κ3) is 3.77. The van der Waals surface area contributed by atoms with Crippen LogP contribution in [-0.4, -0.2) is 51.5 Å². The zero-order valence-electron chi connectivity index (χ0n) is 15.8. The van der Waals surface area contributed by atoms with Gasteiger partial charge < -0.3 is 10.1 Å². The van der Waals surface area contributed by atoms with E-state index in [0.29, 0.717) is 37.1 Å². The van der Waals surface area contributed by atoms with Crippen molar-refractivity contribution in [2.75, 3.05) is 32.8 Å². The molecule has 1 atom stereocenters. The molecule has 6 nitrogen and oxygen atoms in total. The van der Waals surface area contributed by atoms with Gasteiger partial charge in [0.2, 0.25) is 15.9 Å². The minimum Gasteiger partial charge on any atom is -0.381 e. The van der Waals surface area contributed by atoms with Crippen LogP contribution in [-0.2, 0) is 19.6 Å². The Bertz CT molecular complexity index is 813. The number of nitrogens with one attached hydrogen (secondary N) is 1. The fourth-order valence-corrected chi connectivity index (χ4v) is 6.02. The number of aryl methyl sites for hydroxylation is 1. The second-order valence-corrected chi connectivity index (χ2v) is 10.3. The van der Waals surface area contributed by atoms with Crippen LogP contribution in [0.3, 0.4) is 0 Å². The summed E-state index contributed by atoms with van der Waals surface area (Å²) in [5, 5.41) is 3.08. The van der Waals surface area contributed by atoms with Gasteiger partial charge in [-0.05, 0) is 56.2 Å². The summed E-state index contributed by atoms with van der Waals surface area (Å²) in [7, 11) is -3.61. The summed E-state index contributed by atoms with van der Waals surface area (Å²) >= 11 is 0. The van der Waals surface area contributed by atoms with E-state index in [1.54, 1.807) is 18.2 Å². The molecule has 2 heterocycles. The lowest BCUT2D eigenvalue weighted by Crippen LogP contribution is -2.44. The summed E-state index contributed by atoms with van der Waals surface area (Å²) in [6.45, 7) is 4.43. The van der Waals surface area contributed by atoms with Gasteiger partial charge in [0.05, 0.1) is 10.8 Å². The number of amides is 1. The van der Waals surface area contributed by atoms with E-state index in [9.17, 15) is 13.2 Å². The zero-order valence-corrected chi connectivity index (χ0v) is 16.6. The van der Waals surface area contributed by atoms with Crippen molar-refractivity contribution >= 4 is 15.9 Å². The van der Waals surface area contributed by atoms with E-state index in [4.69, 9.17) is 4.74 Å². The Morgan fingerprint density at radius 1 is 1.30 bits per heavy atom. The highest BCUT2D eigenvalue weighted by atomic mass is 32.2. The first-order valence-corrected chi connectivity index (χ1v) is 11.3. The third-order valence-corrected chi connectivity index (χ3v) is 8.12. The maximum Gasteiger partial charge on any atom is 0.243 e. The van der Waals surface area contributed by atoms with Gasteiger partial charge in [-0.3, -0.25) is 4.79 Å². The Balaban J connectivity index is 1.58. The number of benzene rings is 1. The molecule has 1 aromatic rings. The number of rotatable bonds is 5. The van der Waals surface area contributed by atoms with Crippen molar-refractivity contribution in [3.63, 3.8) is 0 Å². The average Bonchev–Trinajstić information content (AvgIpc) is 3.41. The molecule has 148 valence electrons. The quantitative estimate of drug-likeness (QED) is 0.831. The fourth-order valence-electron chi connectivity index (χ4n) is 4.37. The molecule has 1 unspecified atom stereocenters. The Hall–Kier alpha value is -1.44. The van der Waals surface area contributed by atoms with Crippen LogP contribution in [0.1, 0.15) is 31.2 Å². The van der Waals surface area contributed by atoms with Gasteiger partial charge in [-0.2, -0.15) is 4.31 Å². The molecule has 3 aliphatic rings. The number of carbonyl (C=O) groups excluding carboxylic acids is 1. The van der Waals surface area contributed by atoms with Crippen LogP contribution in [0.15, 0.2) is 29.2 Å². The highest BCUT2D eigenvalue weighted by Gasteiger charge is 2.53. The van der Waals surface area contributed by atoms with Crippen molar-refractivity contribution in [2.24, 2.45) is 17.3 Å². The molecule has 3 fully saturated rings. The largest absolute Gasteiger partial charge is 0.381 e. The molecule has 0 bridgehead atoms.